The number of aryl methyl sites for hydroxylation is 2. The summed E-state index contributed by atoms with van der Waals surface area (Å²) < 4.78 is 54.3. The first-order valence-corrected chi connectivity index (χ1v) is 14.2. The molecule has 0 aromatic heterocycles. The average molecular weight is 529 g/mol. The number of nitrogens with zero attached hydrogens (tertiary/aromatic N) is 2. The van der Waals surface area contributed by atoms with E-state index >= 15 is 0 Å². The molecule has 3 rings (SSSR count). The quantitative estimate of drug-likeness (QED) is 0.431. The number of hydrogen-bond donors (Lipinski definition) is 0. The molecule has 0 N–H and O–H groups in total. The molecule has 0 aliphatic heterocycles. The predicted octanol–water partition coefficient (Wildman–Crippen LogP) is 4.30. The van der Waals surface area contributed by atoms with Crippen molar-refractivity contribution in [3.63, 3.8) is 0 Å². The fourth-order valence-corrected chi connectivity index (χ4v) is 6.57. The van der Waals surface area contributed by atoms with Crippen molar-refractivity contribution in [3.05, 3.63) is 83.9 Å². The van der Waals surface area contributed by atoms with E-state index in [1.165, 1.54) is 48.5 Å². The van der Waals surface area contributed by atoms with E-state index in [1.54, 1.807) is 24.3 Å². The van der Waals surface area contributed by atoms with Gasteiger partial charge < -0.3 is 0 Å². The zero-order valence-corrected chi connectivity index (χ0v) is 22.1. The van der Waals surface area contributed by atoms with Gasteiger partial charge in [-0.15, -0.1) is 0 Å². The van der Waals surface area contributed by atoms with Crippen LogP contribution in [0.15, 0.2) is 82.6 Å². The van der Waals surface area contributed by atoms with E-state index < -0.39 is 31.9 Å². The van der Waals surface area contributed by atoms with Gasteiger partial charge in [0.05, 0.1) is 21.2 Å². The second-order valence-corrected chi connectivity index (χ2v) is 11.7. The van der Waals surface area contributed by atoms with Crippen molar-refractivity contribution in [2.24, 2.45) is 0 Å². The Bertz CT molecular complexity index is 1350. The van der Waals surface area contributed by atoms with Crippen molar-refractivity contribution >= 4 is 43.2 Å². The Labute approximate surface area is 212 Å². The molecule has 0 aliphatic carbocycles. The van der Waals surface area contributed by atoms with Crippen LogP contribution in [0.5, 0.6) is 0 Å². The summed E-state index contributed by atoms with van der Waals surface area (Å²) in [5.41, 5.74) is 1.92. The fraction of sp³-hybridized carbons (Fsp3) is 0.231. The lowest BCUT2D eigenvalue weighted by Gasteiger charge is -2.24. The van der Waals surface area contributed by atoms with Crippen LogP contribution in [0.25, 0.3) is 0 Å². The predicted molar refractivity (Wildman–Crippen MR) is 139 cm³/mol. The molecular weight excluding hydrogens is 500 g/mol. The molecule has 0 saturated carbocycles. The summed E-state index contributed by atoms with van der Waals surface area (Å²) in [6, 6.07) is 17.6. The first-order chi connectivity index (χ1) is 16.9. The summed E-state index contributed by atoms with van der Waals surface area (Å²) in [5.74, 6) is -1.48. The smallest absolute Gasteiger partial charge is 0.270 e. The third kappa shape index (κ3) is 5.34. The summed E-state index contributed by atoms with van der Waals surface area (Å²) in [6.45, 7) is 6.13. The Hall–Kier alpha value is -3.50. The van der Waals surface area contributed by atoms with Crippen LogP contribution in [0.4, 0.5) is 11.4 Å². The number of amides is 2. The van der Waals surface area contributed by atoms with Gasteiger partial charge in [0.25, 0.3) is 20.0 Å². The summed E-state index contributed by atoms with van der Waals surface area (Å²) >= 11 is 0. The minimum atomic E-state index is -4.22. The highest BCUT2D eigenvalue weighted by Crippen LogP contribution is 2.30. The molecule has 0 bridgehead atoms. The van der Waals surface area contributed by atoms with Gasteiger partial charge in [-0.25, -0.2) is 25.4 Å². The van der Waals surface area contributed by atoms with E-state index in [2.05, 4.69) is 0 Å². The molecule has 10 heteroatoms. The Morgan fingerprint density at radius 1 is 0.556 bits per heavy atom. The monoisotopic (exact) mass is 528 g/mol. The van der Waals surface area contributed by atoms with Crippen molar-refractivity contribution in [1.82, 2.24) is 0 Å². The molecule has 0 spiro atoms. The number of benzene rings is 3. The number of sulfonamides is 2. The molecule has 3 aromatic rings. The third-order valence-electron chi connectivity index (χ3n) is 5.63. The molecule has 0 aliphatic rings. The first kappa shape index (κ1) is 27.1. The lowest BCUT2D eigenvalue weighted by molar-refractivity contribution is -0.116. The minimum Gasteiger partial charge on any atom is -0.274 e. The highest BCUT2D eigenvalue weighted by molar-refractivity contribution is 7.94. The molecule has 0 saturated heterocycles. The maximum atomic E-state index is 13.2. The molecule has 3 aromatic carbocycles. The van der Waals surface area contributed by atoms with Gasteiger partial charge in [-0.1, -0.05) is 38.1 Å². The normalized spacial score (nSPS) is 11.7. The van der Waals surface area contributed by atoms with Crippen molar-refractivity contribution in [1.29, 1.82) is 0 Å². The standard InChI is InChI=1S/C26H28N2O6S2/c1-5-21-7-15-25(16-8-21)35(31,32)27(19(3)29)23-11-13-24(14-12-23)28(20(4)30)36(33,34)26-17-9-22(6-2)10-18-26/h7-18H,5-6H2,1-4H3. The Kier molecular flexibility index (Phi) is 8.00. The van der Waals surface area contributed by atoms with Gasteiger partial charge >= 0.3 is 0 Å². The molecule has 8 nitrogen and oxygen atoms in total. The Morgan fingerprint density at radius 3 is 1.06 bits per heavy atom. The van der Waals surface area contributed by atoms with Gasteiger partial charge in [0.15, 0.2) is 0 Å². The van der Waals surface area contributed by atoms with E-state index in [1.807, 2.05) is 13.8 Å². The van der Waals surface area contributed by atoms with Crippen LogP contribution in [0.3, 0.4) is 0 Å². The van der Waals surface area contributed by atoms with E-state index in [4.69, 9.17) is 0 Å². The fourth-order valence-electron chi connectivity index (χ4n) is 3.71. The topological polar surface area (TPSA) is 109 Å². The van der Waals surface area contributed by atoms with Crippen LogP contribution >= 0.6 is 0 Å². The van der Waals surface area contributed by atoms with Crippen LogP contribution in [0.1, 0.15) is 38.8 Å². The van der Waals surface area contributed by atoms with Crippen molar-refractivity contribution < 1.29 is 26.4 Å². The van der Waals surface area contributed by atoms with Crippen LogP contribution in [-0.4, -0.2) is 28.6 Å². The molecule has 190 valence electrons. The number of carbonyl (C=O) groups excluding carboxylic acids is 2. The maximum absolute atomic E-state index is 13.2. The first-order valence-electron chi connectivity index (χ1n) is 11.3. The molecule has 0 heterocycles. The molecule has 36 heavy (non-hydrogen) atoms. The number of hydrogen-bond acceptors (Lipinski definition) is 6. The lowest BCUT2D eigenvalue weighted by atomic mass is 10.2. The number of carbonyl (C=O) groups is 2. The van der Waals surface area contributed by atoms with Gasteiger partial charge in [-0.3, -0.25) is 9.59 Å². The molecule has 2 amide bonds. The molecular formula is C26H28N2O6S2. The molecule has 0 radical (unpaired) electrons. The van der Waals surface area contributed by atoms with Crippen molar-refractivity contribution in [2.45, 2.75) is 50.3 Å². The van der Waals surface area contributed by atoms with E-state index in [0.717, 1.165) is 37.8 Å². The Balaban J connectivity index is 2.01. The maximum Gasteiger partial charge on any atom is 0.270 e. The summed E-state index contributed by atoms with van der Waals surface area (Å²) in [5, 5.41) is 0. The minimum absolute atomic E-state index is 0.0130. The van der Waals surface area contributed by atoms with E-state index in [-0.39, 0.29) is 21.2 Å². The third-order valence-corrected chi connectivity index (χ3v) is 9.26. The summed E-state index contributed by atoms with van der Waals surface area (Å²) in [7, 11) is -8.44. The number of anilines is 2. The zero-order chi connectivity index (χ0) is 26.7. The second kappa shape index (κ2) is 10.6. The van der Waals surface area contributed by atoms with Crippen LogP contribution in [0, 0.1) is 0 Å². The zero-order valence-electron chi connectivity index (χ0n) is 20.5. The van der Waals surface area contributed by atoms with Gasteiger partial charge in [-0.05, 0) is 72.5 Å². The van der Waals surface area contributed by atoms with Gasteiger partial charge in [-0.2, -0.15) is 0 Å². The van der Waals surface area contributed by atoms with E-state index in [9.17, 15) is 26.4 Å². The summed E-state index contributed by atoms with van der Waals surface area (Å²) in [6.07, 6.45) is 1.47. The Morgan fingerprint density at radius 2 is 0.833 bits per heavy atom. The van der Waals surface area contributed by atoms with Crippen LogP contribution in [-0.2, 0) is 42.5 Å². The molecule has 0 unspecified atom stereocenters. The lowest BCUT2D eigenvalue weighted by Crippen LogP contribution is -2.36. The second-order valence-electron chi connectivity index (χ2n) is 8.09. The number of rotatable bonds is 8. The molecule has 0 atom stereocenters. The molecule has 0 fully saturated rings. The van der Waals surface area contributed by atoms with Gasteiger partial charge in [0.2, 0.25) is 11.8 Å². The van der Waals surface area contributed by atoms with E-state index in [0.29, 0.717) is 8.61 Å². The highest BCUT2D eigenvalue weighted by atomic mass is 32.2. The van der Waals surface area contributed by atoms with Crippen LogP contribution in [0.2, 0.25) is 0 Å². The van der Waals surface area contributed by atoms with Crippen molar-refractivity contribution in [3.8, 4) is 0 Å². The largest absolute Gasteiger partial charge is 0.274 e. The van der Waals surface area contributed by atoms with Gasteiger partial charge in [0.1, 0.15) is 0 Å². The average Bonchev–Trinajstić information content (AvgIpc) is 2.84. The van der Waals surface area contributed by atoms with Gasteiger partial charge in [0, 0.05) is 13.8 Å². The van der Waals surface area contributed by atoms with Crippen LogP contribution < -0.4 is 8.61 Å². The van der Waals surface area contributed by atoms with Crippen molar-refractivity contribution in [2.75, 3.05) is 8.61 Å². The summed E-state index contributed by atoms with van der Waals surface area (Å²) in [4.78, 5) is 24.7. The highest BCUT2D eigenvalue weighted by Gasteiger charge is 2.31. The SMILES string of the molecule is CCc1ccc(S(=O)(=O)N(C(C)=O)c2ccc(N(C(C)=O)S(=O)(=O)c3ccc(CC)cc3)cc2)cc1.